The van der Waals surface area contributed by atoms with Gasteiger partial charge in [-0.15, -0.1) is 0 Å². The maximum absolute atomic E-state index is 13.6. The Kier molecular flexibility index (Phi) is 17.8. The Morgan fingerprint density at radius 3 is 1.68 bits per heavy atom. The summed E-state index contributed by atoms with van der Waals surface area (Å²) < 4.78 is 0. The Labute approximate surface area is 289 Å². The molecule has 12 N–H and O–H groups in total. The van der Waals surface area contributed by atoms with Crippen molar-refractivity contribution in [1.29, 1.82) is 0 Å². The third-order valence-corrected chi connectivity index (χ3v) is 7.50. The highest BCUT2D eigenvalue weighted by molar-refractivity contribution is 5.96. The van der Waals surface area contributed by atoms with Crippen molar-refractivity contribution in [3.63, 3.8) is 0 Å². The molecule has 0 radical (unpaired) electrons. The fraction of sp³-hybridized carbons (Fsp3) is 0.594. The van der Waals surface area contributed by atoms with Gasteiger partial charge < -0.3 is 57.9 Å². The normalized spacial score (nSPS) is 15.4. The molecule has 0 aliphatic heterocycles. The first-order valence-electron chi connectivity index (χ1n) is 16.1. The lowest BCUT2D eigenvalue weighted by molar-refractivity contribution is -0.143. The molecule has 7 unspecified atom stereocenters. The second-order valence-corrected chi connectivity index (χ2v) is 12.7. The number of benzene rings is 1. The molecule has 5 amide bonds. The van der Waals surface area contributed by atoms with Gasteiger partial charge in [0, 0.05) is 12.8 Å². The van der Waals surface area contributed by atoms with Crippen LogP contribution in [0.5, 0.6) is 5.75 Å². The number of rotatable bonds is 21. The Morgan fingerprint density at radius 1 is 0.700 bits per heavy atom. The first-order valence-corrected chi connectivity index (χ1v) is 16.1. The molecule has 1 rings (SSSR count). The lowest BCUT2D eigenvalue weighted by Crippen LogP contribution is -2.61. The number of carbonyl (C=O) groups is 7. The number of nitrogens with one attached hydrogen (secondary N) is 5. The van der Waals surface area contributed by atoms with E-state index in [4.69, 9.17) is 5.73 Å². The maximum Gasteiger partial charge on any atom is 0.326 e. The number of aliphatic hydroxyl groups excluding tert-OH is 2. The van der Waals surface area contributed by atoms with Gasteiger partial charge in [-0.05, 0) is 49.3 Å². The van der Waals surface area contributed by atoms with Crippen LogP contribution in [0.4, 0.5) is 0 Å². The summed E-state index contributed by atoms with van der Waals surface area (Å²) in [7, 11) is 0. The van der Waals surface area contributed by atoms with Crippen molar-refractivity contribution in [3.05, 3.63) is 29.8 Å². The van der Waals surface area contributed by atoms with E-state index < -0.39 is 109 Å². The standard InChI is InChI=1S/C32H50N6O12/c1-15(2)12-22(32(49)50)36-27(44)20(10-11-24(42)43)34-28(45)21(13-18-6-8-19(41)9-7-18)35-29(46)23(14-39)37-31(48)26(16(3)4)38-30(47)25(33)17(5)40/h6-9,15-17,20-23,25-26,39-41H,10-14,33H2,1-5H3,(H,34,45)(H,35,46)(H,36,44)(H,37,48)(H,38,47)(H,42,43)(H,49,50). The number of carbonyl (C=O) groups excluding carboxylic acids is 5. The smallest absolute Gasteiger partial charge is 0.326 e. The molecule has 1 aromatic rings. The highest BCUT2D eigenvalue weighted by atomic mass is 16.4. The van der Waals surface area contributed by atoms with Crippen LogP contribution in [0.25, 0.3) is 0 Å². The van der Waals surface area contributed by atoms with Gasteiger partial charge in [-0.2, -0.15) is 0 Å². The molecule has 18 nitrogen and oxygen atoms in total. The molecular formula is C32H50N6O12. The molecule has 0 fully saturated rings. The first kappa shape index (κ1) is 43.2. The van der Waals surface area contributed by atoms with Gasteiger partial charge in [0.15, 0.2) is 0 Å². The van der Waals surface area contributed by atoms with E-state index in [-0.39, 0.29) is 24.5 Å². The van der Waals surface area contributed by atoms with Gasteiger partial charge in [0.25, 0.3) is 0 Å². The van der Waals surface area contributed by atoms with Gasteiger partial charge in [-0.25, -0.2) is 4.79 Å². The Morgan fingerprint density at radius 2 is 1.20 bits per heavy atom. The highest BCUT2D eigenvalue weighted by Gasteiger charge is 2.34. The zero-order chi connectivity index (χ0) is 38.3. The summed E-state index contributed by atoms with van der Waals surface area (Å²) in [6.07, 6.45) is -2.44. The number of carboxylic acids is 2. The molecule has 50 heavy (non-hydrogen) atoms. The average molecular weight is 711 g/mol. The predicted octanol–water partition coefficient (Wildman–Crippen LogP) is -2.29. The predicted molar refractivity (Wildman–Crippen MR) is 177 cm³/mol. The maximum atomic E-state index is 13.6. The molecule has 18 heteroatoms. The van der Waals surface area contributed by atoms with Gasteiger partial charge in [-0.1, -0.05) is 39.8 Å². The molecule has 0 aliphatic rings. The minimum Gasteiger partial charge on any atom is -0.508 e. The minimum atomic E-state index is -1.65. The van der Waals surface area contributed by atoms with Gasteiger partial charge in [-0.3, -0.25) is 28.8 Å². The second-order valence-electron chi connectivity index (χ2n) is 12.7. The van der Waals surface area contributed by atoms with E-state index >= 15 is 0 Å². The molecule has 0 saturated carbocycles. The van der Waals surface area contributed by atoms with E-state index in [0.717, 1.165) is 0 Å². The SMILES string of the molecule is CC(C)CC(NC(=O)C(CCC(=O)O)NC(=O)C(Cc1ccc(O)cc1)NC(=O)C(CO)NC(=O)C(NC(=O)C(N)C(C)O)C(C)C)C(=O)O. The number of aliphatic carboxylic acids is 2. The number of phenols is 1. The van der Waals surface area contributed by atoms with Crippen LogP contribution in [0.1, 0.15) is 59.4 Å². The van der Waals surface area contributed by atoms with Crippen LogP contribution in [0, 0.1) is 11.8 Å². The fourth-order valence-corrected chi connectivity index (χ4v) is 4.58. The molecule has 280 valence electrons. The third-order valence-electron chi connectivity index (χ3n) is 7.50. The van der Waals surface area contributed by atoms with Crippen molar-refractivity contribution in [2.45, 2.75) is 103 Å². The van der Waals surface area contributed by atoms with Crippen LogP contribution < -0.4 is 32.3 Å². The van der Waals surface area contributed by atoms with Gasteiger partial charge in [0.05, 0.1) is 12.7 Å². The van der Waals surface area contributed by atoms with Crippen molar-refractivity contribution in [1.82, 2.24) is 26.6 Å². The van der Waals surface area contributed by atoms with Crippen LogP contribution in [-0.4, -0.2) is 116 Å². The average Bonchev–Trinajstić information content (AvgIpc) is 3.03. The Hall–Kier alpha value is -4.81. The fourth-order valence-electron chi connectivity index (χ4n) is 4.58. The molecule has 0 aliphatic carbocycles. The summed E-state index contributed by atoms with van der Waals surface area (Å²) in [6, 6.07) is -3.12. The summed E-state index contributed by atoms with van der Waals surface area (Å²) in [5, 5.41) is 59.9. The lowest BCUT2D eigenvalue weighted by Gasteiger charge is -2.28. The van der Waals surface area contributed by atoms with Crippen molar-refractivity contribution in [3.8, 4) is 5.75 Å². The molecular weight excluding hydrogens is 660 g/mol. The van der Waals surface area contributed by atoms with E-state index in [9.17, 15) is 59.1 Å². The van der Waals surface area contributed by atoms with Crippen molar-refractivity contribution in [2.75, 3.05) is 6.61 Å². The second kappa shape index (κ2) is 20.6. The summed E-state index contributed by atoms with van der Waals surface area (Å²) in [5.74, 6) is -8.15. The summed E-state index contributed by atoms with van der Waals surface area (Å²) >= 11 is 0. The molecule has 0 heterocycles. The Balaban J connectivity index is 3.32. The van der Waals surface area contributed by atoms with Crippen LogP contribution in [0.15, 0.2) is 24.3 Å². The van der Waals surface area contributed by atoms with Crippen LogP contribution in [-0.2, 0) is 40.0 Å². The number of aliphatic hydroxyl groups is 2. The monoisotopic (exact) mass is 710 g/mol. The van der Waals surface area contributed by atoms with Crippen LogP contribution >= 0.6 is 0 Å². The van der Waals surface area contributed by atoms with E-state index in [0.29, 0.717) is 5.56 Å². The number of nitrogens with two attached hydrogens (primary N) is 1. The summed E-state index contributed by atoms with van der Waals surface area (Å²) in [5.41, 5.74) is 6.07. The molecule has 0 saturated heterocycles. The van der Waals surface area contributed by atoms with E-state index in [1.807, 2.05) is 0 Å². The highest BCUT2D eigenvalue weighted by Crippen LogP contribution is 2.13. The number of carboxylic acid groups (broad SMARTS) is 2. The van der Waals surface area contributed by atoms with Crippen molar-refractivity contribution < 1.29 is 59.1 Å². The molecule has 1 aromatic carbocycles. The Bertz CT molecular complexity index is 1340. The molecule has 0 aromatic heterocycles. The zero-order valence-electron chi connectivity index (χ0n) is 28.7. The number of amides is 5. The van der Waals surface area contributed by atoms with E-state index in [1.54, 1.807) is 27.7 Å². The van der Waals surface area contributed by atoms with Crippen LogP contribution in [0.3, 0.4) is 0 Å². The van der Waals surface area contributed by atoms with Crippen molar-refractivity contribution in [2.24, 2.45) is 17.6 Å². The molecule has 0 bridgehead atoms. The molecule has 7 atom stereocenters. The van der Waals surface area contributed by atoms with Gasteiger partial charge in [0.2, 0.25) is 29.5 Å². The summed E-state index contributed by atoms with van der Waals surface area (Å²) in [4.78, 5) is 88.8. The van der Waals surface area contributed by atoms with Crippen LogP contribution in [0.2, 0.25) is 0 Å². The van der Waals surface area contributed by atoms with E-state index in [2.05, 4.69) is 26.6 Å². The number of phenolic OH excluding ortho intramolecular Hbond substituents is 1. The number of hydrogen-bond donors (Lipinski definition) is 11. The topological polar surface area (TPSA) is 307 Å². The largest absolute Gasteiger partial charge is 0.508 e. The molecule has 0 spiro atoms. The lowest BCUT2D eigenvalue weighted by atomic mass is 10.0. The van der Waals surface area contributed by atoms with Gasteiger partial charge in [0.1, 0.15) is 42.0 Å². The third kappa shape index (κ3) is 14.8. The quantitative estimate of drug-likeness (QED) is 0.0641. The summed E-state index contributed by atoms with van der Waals surface area (Å²) in [6.45, 7) is 6.97. The van der Waals surface area contributed by atoms with Gasteiger partial charge >= 0.3 is 11.9 Å². The minimum absolute atomic E-state index is 0.0448. The number of hydrogen-bond acceptors (Lipinski definition) is 11. The first-order chi connectivity index (χ1) is 23.3. The van der Waals surface area contributed by atoms with E-state index in [1.165, 1.54) is 31.2 Å². The number of aromatic hydroxyl groups is 1. The van der Waals surface area contributed by atoms with Crippen molar-refractivity contribution >= 4 is 41.5 Å². The zero-order valence-corrected chi connectivity index (χ0v) is 28.7.